The fourth-order valence-corrected chi connectivity index (χ4v) is 9.56. The molecule has 6 aromatic carbocycles. The topological polar surface area (TPSA) is 0 Å². The van der Waals surface area contributed by atoms with Crippen molar-refractivity contribution < 1.29 is 0 Å². The predicted molar refractivity (Wildman–Crippen MR) is 200 cm³/mol. The van der Waals surface area contributed by atoms with Gasteiger partial charge in [0.1, 0.15) is 0 Å². The van der Waals surface area contributed by atoms with Gasteiger partial charge in [0.15, 0.2) is 0 Å². The van der Waals surface area contributed by atoms with E-state index in [1.807, 2.05) is 0 Å². The van der Waals surface area contributed by atoms with Crippen LogP contribution in [0.15, 0.2) is 132 Å². The van der Waals surface area contributed by atoms with Crippen molar-refractivity contribution >= 4 is 54.8 Å². The summed E-state index contributed by atoms with van der Waals surface area (Å²) in [5, 5.41) is 6.85. The third-order valence-corrected chi connectivity index (χ3v) is 11.5. The lowest BCUT2D eigenvalue weighted by atomic mass is 9.72. The van der Waals surface area contributed by atoms with Crippen molar-refractivity contribution in [2.24, 2.45) is 5.92 Å². The maximum Gasteiger partial charge on any atom is 0.0485 e. The Morgan fingerprint density at radius 1 is 0.478 bits per heavy atom. The van der Waals surface area contributed by atoms with Crippen molar-refractivity contribution in [2.75, 3.05) is 0 Å². The summed E-state index contributed by atoms with van der Waals surface area (Å²) in [6.45, 7) is 6.94. The largest absolute Gasteiger partial charge is 0.0837 e. The molecule has 2 atom stereocenters. The Labute approximate surface area is 282 Å². The summed E-state index contributed by atoms with van der Waals surface area (Å²) < 4.78 is 0. The van der Waals surface area contributed by atoms with Crippen molar-refractivity contribution in [3.63, 3.8) is 0 Å². The Morgan fingerprint density at radius 2 is 0.848 bits per heavy atom. The molecule has 0 N–H and O–H groups in total. The van der Waals surface area contributed by atoms with Crippen LogP contribution in [0.3, 0.4) is 0 Å². The molecule has 0 spiro atoms. The number of fused-ring (bicyclic) bond motifs is 4. The zero-order chi connectivity index (χ0) is 31.5. The van der Waals surface area contributed by atoms with Gasteiger partial charge in [0.25, 0.3) is 0 Å². The molecule has 0 aromatic heterocycles. The van der Waals surface area contributed by atoms with E-state index in [4.69, 9.17) is 23.2 Å². The fourth-order valence-electron chi connectivity index (χ4n) is 8.63. The average molecular weight is 636 g/mol. The Hall–Kier alpha value is -4.10. The summed E-state index contributed by atoms with van der Waals surface area (Å²) >= 11 is 14.9. The average Bonchev–Trinajstić information content (AvgIpc) is 3.57. The van der Waals surface area contributed by atoms with Gasteiger partial charge in [0.05, 0.1) is 0 Å². The van der Waals surface area contributed by atoms with Crippen LogP contribution in [0.5, 0.6) is 0 Å². The summed E-state index contributed by atoms with van der Waals surface area (Å²) in [4.78, 5) is 0. The van der Waals surface area contributed by atoms with Gasteiger partial charge in [-0.15, -0.1) is 0 Å². The van der Waals surface area contributed by atoms with E-state index in [0.717, 1.165) is 22.9 Å². The zero-order valence-electron chi connectivity index (χ0n) is 26.4. The first kappa shape index (κ1) is 29.3. The molecule has 8 rings (SSSR count). The van der Waals surface area contributed by atoms with E-state index in [0.29, 0.717) is 0 Å². The summed E-state index contributed by atoms with van der Waals surface area (Å²) in [5.74, 6) is 0.664. The lowest BCUT2D eigenvalue weighted by Gasteiger charge is -2.31. The van der Waals surface area contributed by atoms with Crippen molar-refractivity contribution in [3.8, 4) is 22.3 Å². The van der Waals surface area contributed by atoms with Crippen LogP contribution >= 0.6 is 23.2 Å². The second kappa shape index (κ2) is 11.6. The normalized spacial score (nSPS) is 18.0. The first-order valence-electron chi connectivity index (χ1n) is 16.5. The molecular weight excluding hydrogens is 599 g/mol. The van der Waals surface area contributed by atoms with Crippen molar-refractivity contribution in [1.82, 2.24) is 0 Å². The monoisotopic (exact) mass is 634 g/mol. The molecule has 226 valence electrons. The van der Waals surface area contributed by atoms with Crippen LogP contribution in [-0.4, -0.2) is 0 Å². The standard InChI is InChI=1S/C44H36Cl2/c1-4-29-39(37-24-12-22-35(41(37)43(29)45)33-20-10-16-27-14-6-8-18-31(27)33)26(3)40-30(5-2)44(46)42-36(23-13-25-38(40)42)34-21-11-17-28-15-7-9-19-32(28)34/h6-26,39-40H,4-5H2,1-3H3. The molecule has 0 saturated heterocycles. The van der Waals surface area contributed by atoms with Gasteiger partial charge in [-0.3, -0.25) is 0 Å². The van der Waals surface area contributed by atoms with E-state index < -0.39 is 0 Å². The Bertz CT molecular complexity index is 2060. The first-order valence-corrected chi connectivity index (χ1v) is 17.3. The maximum absolute atomic E-state index is 7.46. The molecule has 2 aliphatic rings. The third-order valence-electron chi connectivity index (χ3n) is 10.6. The van der Waals surface area contributed by atoms with Crippen LogP contribution in [0, 0.1) is 5.92 Å². The SMILES string of the molecule is CCC1=C(Cl)c2c(-c3cccc4ccccc34)cccc2C1C(C)C1C(CC)=C(Cl)c2c(-c3cccc4ccccc34)cccc21. The lowest BCUT2D eigenvalue weighted by molar-refractivity contribution is 0.445. The highest BCUT2D eigenvalue weighted by Crippen LogP contribution is 2.59. The van der Waals surface area contributed by atoms with E-state index in [1.165, 1.54) is 77.2 Å². The van der Waals surface area contributed by atoms with E-state index in [1.54, 1.807) is 0 Å². The number of hydrogen-bond acceptors (Lipinski definition) is 0. The molecule has 46 heavy (non-hydrogen) atoms. The van der Waals surface area contributed by atoms with Crippen LogP contribution in [0.4, 0.5) is 0 Å². The predicted octanol–water partition coefficient (Wildman–Crippen LogP) is 13.6. The smallest absolute Gasteiger partial charge is 0.0485 e. The number of rotatable bonds is 6. The van der Waals surface area contributed by atoms with E-state index in [-0.39, 0.29) is 17.8 Å². The fraction of sp³-hybridized carbons (Fsp3) is 0.182. The highest BCUT2D eigenvalue weighted by Gasteiger charge is 2.43. The van der Waals surface area contributed by atoms with Gasteiger partial charge in [0, 0.05) is 33.0 Å². The summed E-state index contributed by atoms with van der Waals surface area (Å²) in [5.41, 5.74) is 12.7. The van der Waals surface area contributed by atoms with Gasteiger partial charge in [-0.25, -0.2) is 0 Å². The lowest BCUT2D eigenvalue weighted by Crippen LogP contribution is -2.19. The van der Waals surface area contributed by atoms with Gasteiger partial charge in [-0.2, -0.15) is 0 Å². The van der Waals surface area contributed by atoms with Crippen LogP contribution in [0.25, 0.3) is 53.9 Å². The van der Waals surface area contributed by atoms with Gasteiger partial charge >= 0.3 is 0 Å². The molecule has 0 bridgehead atoms. The minimum atomic E-state index is 0.200. The molecule has 0 radical (unpaired) electrons. The van der Waals surface area contributed by atoms with Gasteiger partial charge in [-0.1, -0.05) is 165 Å². The minimum Gasteiger partial charge on any atom is -0.0837 e. The van der Waals surface area contributed by atoms with Crippen molar-refractivity contribution in [3.05, 3.63) is 155 Å². The van der Waals surface area contributed by atoms with E-state index >= 15 is 0 Å². The molecule has 2 unspecified atom stereocenters. The van der Waals surface area contributed by atoms with Gasteiger partial charge in [0.2, 0.25) is 0 Å². The molecule has 0 nitrogen and oxygen atoms in total. The number of allylic oxidation sites excluding steroid dienone is 2. The molecule has 2 heteroatoms. The van der Waals surface area contributed by atoms with E-state index in [9.17, 15) is 0 Å². The zero-order valence-corrected chi connectivity index (χ0v) is 28.0. The van der Waals surface area contributed by atoms with Gasteiger partial charge < -0.3 is 0 Å². The molecule has 0 heterocycles. The summed E-state index contributed by atoms with van der Waals surface area (Å²) in [6.07, 6.45) is 1.82. The number of halogens is 2. The first-order chi connectivity index (χ1) is 22.5. The van der Waals surface area contributed by atoms with E-state index in [2.05, 4.69) is 142 Å². The quantitative estimate of drug-likeness (QED) is 0.171. The molecule has 2 aliphatic carbocycles. The van der Waals surface area contributed by atoms with Gasteiger partial charge in [-0.05, 0) is 84.8 Å². The maximum atomic E-state index is 7.46. The van der Waals surface area contributed by atoms with Crippen LogP contribution in [0.1, 0.15) is 67.7 Å². The molecule has 0 saturated carbocycles. The number of hydrogen-bond donors (Lipinski definition) is 0. The highest BCUT2D eigenvalue weighted by molar-refractivity contribution is 6.51. The Morgan fingerprint density at radius 3 is 1.28 bits per heavy atom. The third kappa shape index (κ3) is 4.34. The molecular formula is C44H36Cl2. The van der Waals surface area contributed by atoms with Crippen LogP contribution < -0.4 is 0 Å². The second-order valence-corrected chi connectivity index (χ2v) is 13.5. The highest BCUT2D eigenvalue weighted by atomic mass is 35.5. The summed E-state index contributed by atoms with van der Waals surface area (Å²) in [6, 6.07) is 44.0. The van der Waals surface area contributed by atoms with Crippen LogP contribution in [-0.2, 0) is 0 Å². The minimum absolute atomic E-state index is 0.200. The molecule has 6 aromatic rings. The summed E-state index contributed by atoms with van der Waals surface area (Å²) in [7, 11) is 0. The van der Waals surface area contributed by atoms with Crippen molar-refractivity contribution in [2.45, 2.75) is 45.4 Å². The van der Waals surface area contributed by atoms with Crippen LogP contribution in [0.2, 0.25) is 0 Å². The van der Waals surface area contributed by atoms with Crippen molar-refractivity contribution in [1.29, 1.82) is 0 Å². The number of benzene rings is 6. The Kier molecular flexibility index (Phi) is 7.40. The Balaban J connectivity index is 1.29. The molecule has 0 fully saturated rings. The molecule has 0 aliphatic heterocycles. The second-order valence-electron chi connectivity index (χ2n) is 12.8. The molecule has 0 amide bonds.